The maximum atomic E-state index is 12.7. The fourth-order valence-corrected chi connectivity index (χ4v) is 2.81. The third kappa shape index (κ3) is 4.95. The first-order valence-corrected chi connectivity index (χ1v) is 8.99. The van der Waals surface area contributed by atoms with E-state index >= 15 is 0 Å². The van der Waals surface area contributed by atoms with E-state index in [0.29, 0.717) is 40.9 Å². The van der Waals surface area contributed by atoms with E-state index in [1.807, 2.05) is 30.3 Å². The van der Waals surface area contributed by atoms with Gasteiger partial charge in [-0.15, -0.1) is 0 Å². The molecule has 0 bridgehead atoms. The van der Waals surface area contributed by atoms with Crippen molar-refractivity contribution >= 4 is 17.4 Å². The SMILES string of the molecule is COc1cc(NC(=O)c2ccnc(NCc3ccccc3)c2)cc(OC)c1OC. The first-order chi connectivity index (χ1) is 14.1. The van der Waals surface area contributed by atoms with E-state index < -0.39 is 0 Å². The number of aromatic nitrogens is 1. The molecule has 0 atom stereocenters. The summed E-state index contributed by atoms with van der Waals surface area (Å²) in [5.41, 5.74) is 2.13. The van der Waals surface area contributed by atoms with Crippen LogP contribution in [0.4, 0.5) is 11.5 Å². The van der Waals surface area contributed by atoms with Crippen molar-refractivity contribution in [3.8, 4) is 17.2 Å². The van der Waals surface area contributed by atoms with Gasteiger partial charge >= 0.3 is 0 Å². The third-order valence-corrected chi connectivity index (χ3v) is 4.26. The van der Waals surface area contributed by atoms with Crippen LogP contribution in [0.15, 0.2) is 60.8 Å². The van der Waals surface area contributed by atoms with Crippen LogP contribution in [0.1, 0.15) is 15.9 Å². The number of ether oxygens (including phenoxy) is 3. The standard InChI is InChI=1S/C22H23N3O4/c1-27-18-12-17(13-19(28-2)21(18)29-3)25-22(26)16-9-10-23-20(11-16)24-14-15-7-5-4-6-8-15/h4-13H,14H2,1-3H3,(H,23,24)(H,25,26). The van der Waals surface area contributed by atoms with E-state index in [1.54, 1.807) is 30.5 Å². The molecule has 29 heavy (non-hydrogen) atoms. The number of nitrogens with zero attached hydrogens (tertiary/aromatic N) is 1. The van der Waals surface area contributed by atoms with Gasteiger partial charge in [-0.3, -0.25) is 4.79 Å². The Morgan fingerprint density at radius 2 is 1.62 bits per heavy atom. The normalized spacial score (nSPS) is 10.2. The second-order valence-corrected chi connectivity index (χ2v) is 6.14. The molecular weight excluding hydrogens is 370 g/mol. The van der Waals surface area contributed by atoms with E-state index in [1.165, 1.54) is 21.3 Å². The highest BCUT2D eigenvalue weighted by molar-refractivity contribution is 6.05. The van der Waals surface area contributed by atoms with Gasteiger partial charge in [0.15, 0.2) is 11.5 Å². The number of hydrogen-bond donors (Lipinski definition) is 2. The van der Waals surface area contributed by atoms with Crippen molar-refractivity contribution in [3.63, 3.8) is 0 Å². The second-order valence-electron chi connectivity index (χ2n) is 6.14. The molecule has 3 aromatic rings. The lowest BCUT2D eigenvalue weighted by Gasteiger charge is -2.15. The summed E-state index contributed by atoms with van der Waals surface area (Å²) in [5, 5.41) is 6.07. The van der Waals surface area contributed by atoms with Crippen LogP contribution in [-0.2, 0) is 6.54 Å². The van der Waals surface area contributed by atoms with Gasteiger partial charge in [-0.25, -0.2) is 4.98 Å². The highest BCUT2D eigenvalue weighted by atomic mass is 16.5. The molecule has 0 unspecified atom stereocenters. The van der Waals surface area contributed by atoms with Crippen LogP contribution in [0.5, 0.6) is 17.2 Å². The van der Waals surface area contributed by atoms with Gasteiger partial charge in [0.25, 0.3) is 5.91 Å². The third-order valence-electron chi connectivity index (χ3n) is 4.26. The molecule has 7 nitrogen and oxygen atoms in total. The number of pyridine rings is 1. The van der Waals surface area contributed by atoms with Gasteiger partial charge in [0.05, 0.1) is 21.3 Å². The summed E-state index contributed by atoms with van der Waals surface area (Å²) in [5.74, 6) is 1.73. The Morgan fingerprint density at radius 3 is 2.24 bits per heavy atom. The van der Waals surface area contributed by atoms with Gasteiger partial charge in [-0.2, -0.15) is 0 Å². The molecule has 0 aliphatic carbocycles. The average molecular weight is 393 g/mol. The Kier molecular flexibility index (Phi) is 6.52. The van der Waals surface area contributed by atoms with Gasteiger partial charge in [-0.1, -0.05) is 30.3 Å². The Hall–Kier alpha value is -3.74. The van der Waals surface area contributed by atoms with Crippen LogP contribution in [0.3, 0.4) is 0 Å². The van der Waals surface area contributed by atoms with Crippen LogP contribution in [0.2, 0.25) is 0 Å². The van der Waals surface area contributed by atoms with E-state index in [9.17, 15) is 4.79 Å². The second kappa shape index (κ2) is 9.45. The molecule has 7 heteroatoms. The summed E-state index contributed by atoms with van der Waals surface area (Å²) in [4.78, 5) is 17.0. The number of hydrogen-bond acceptors (Lipinski definition) is 6. The number of nitrogens with one attached hydrogen (secondary N) is 2. The summed E-state index contributed by atoms with van der Waals surface area (Å²) in [7, 11) is 4.58. The number of carbonyl (C=O) groups excluding carboxylic acids is 1. The maximum absolute atomic E-state index is 12.7. The lowest BCUT2D eigenvalue weighted by molar-refractivity contribution is 0.102. The van der Waals surface area contributed by atoms with Crippen molar-refractivity contribution in [3.05, 3.63) is 71.9 Å². The molecule has 0 saturated heterocycles. The minimum absolute atomic E-state index is 0.274. The van der Waals surface area contributed by atoms with Crippen LogP contribution < -0.4 is 24.8 Å². The van der Waals surface area contributed by atoms with E-state index in [4.69, 9.17) is 14.2 Å². The Morgan fingerprint density at radius 1 is 0.931 bits per heavy atom. The molecule has 1 aromatic heterocycles. The molecule has 3 rings (SSSR count). The monoisotopic (exact) mass is 393 g/mol. The van der Waals surface area contributed by atoms with Crippen molar-refractivity contribution < 1.29 is 19.0 Å². The zero-order valence-electron chi connectivity index (χ0n) is 16.6. The molecule has 0 saturated carbocycles. The summed E-state index contributed by atoms with van der Waals surface area (Å²) < 4.78 is 15.9. The fraction of sp³-hybridized carbons (Fsp3) is 0.182. The molecule has 0 spiro atoms. The first kappa shape index (κ1) is 20.0. The van der Waals surface area contributed by atoms with Gasteiger partial charge in [0.2, 0.25) is 5.75 Å². The highest BCUT2D eigenvalue weighted by Crippen LogP contribution is 2.40. The van der Waals surface area contributed by atoms with Gasteiger partial charge in [0, 0.05) is 36.1 Å². The summed E-state index contributed by atoms with van der Waals surface area (Å²) in [6.07, 6.45) is 1.59. The minimum Gasteiger partial charge on any atom is -0.493 e. The summed E-state index contributed by atoms with van der Waals surface area (Å²) in [6, 6.07) is 16.7. The molecule has 2 aromatic carbocycles. The van der Waals surface area contributed by atoms with Gasteiger partial charge in [0.1, 0.15) is 5.82 Å². The zero-order chi connectivity index (χ0) is 20.6. The predicted molar refractivity (Wildman–Crippen MR) is 112 cm³/mol. The van der Waals surface area contributed by atoms with Gasteiger partial charge < -0.3 is 24.8 Å². The van der Waals surface area contributed by atoms with E-state index in [2.05, 4.69) is 15.6 Å². The molecule has 0 aliphatic rings. The van der Waals surface area contributed by atoms with Crippen molar-refractivity contribution in [2.45, 2.75) is 6.54 Å². The Labute approximate surface area is 169 Å². The van der Waals surface area contributed by atoms with E-state index in [0.717, 1.165) is 5.56 Å². The molecule has 1 amide bonds. The number of anilines is 2. The molecule has 1 heterocycles. The lowest BCUT2D eigenvalue weighted by atomic mass is 10.2. The molecule has 0 radical (unpaired) electrons. The van der Waals surface area contributed by atoms with E-state index in [-0.39, 0.29) is 5.91 Å². The quantitative estimate of drug-likeness (QED) is 0.603. The number of methoxy groups -OCH3 is 3. The van der Waals surface area contributed by atoms with Crippen molar-refractivity contribution in [2.24, 2.45) is 0 Å². The molecule has 0 aliphatic heterocycles. The van der Waals surface area contributed by atoms with Crippen LogP contribution in [-0.4, -0.2) is 32.2 Å². The number of amides is 1. The predicted octanol–water partition coefficient (Wildman–Crippen LogP) is 3.97. The highest BCUT2D eigenvalue weighted by Gasteiger charge is 2.15. The number of rotatable bonds is 8. The fourth-order valence-electron chi connectivity index (χ4n) is 2.81. The Balaban J connectivity index is 1.74. The van der Waals surface area contributed by atoms with Crippen LogP contribution >= 0.6 is 0 Å². The number of carbonyl (C=O) groups is 1. The Bertz CT molecular complexity index is 952. The smallest absolute Gasteiger partial charge is 0.255 e. The first-order valence-electron chi connectivity index (χ1n) is 8.99. The lowest BCUT2D eigenvalue weighted by Crippen LogP contribution is -2.13. The summed E-state index contributed by atoms with van der Waals surface area (Å²) >= 11 is 0. The van der Waals surface area contributed by atoms with Crippen molar-refractivity contribution in [2.75, 3.05) is 32.0 Å². The minimum atomic E-state index is -0.274. The molecule has 0 fully saturated rings. The van der Waals surface area contributed by atoms with Crippen molar-refractivity contribution in [1.29, 1.82) is 0 Å². The average Bonchev–Trinajstić information content (AvgIpc) is 2.77. The molecular formula is C22H23N3O4. The van der Waals surface area contributed by atoms with Crippen LogP contribution in [0, 0.1) is 0 Å². The molecule has 150 valence electrons. The van der Waals surface area contributed by atoms with Gasteiger partial charge in [-0.05, 0) is 17.7 Å². The topological polar surface area (TPSA) is 81.7 Å². The largest absolute Gasteiger partial charge is 0.493 e. The zero-order valence-corrected chi connectivity index (χ0v) is 16.6. The van der Waals surface area contributed by atoms with Crippen molar-refractivity contribution in [1.82, 2.24) is 4.98 Å². The maximum Gasteiger partial charge on any atom is 0.255 e. The molecule has 2 N–H and O–H groups in total. The number of benzene rings is 2. The van der Waals surface area contributed by atoms with Crippen LogP contribution in [0.25, 0.3) is 0 Å². The summed E-state index contributed by atoms with van der Waals surface area (Å²) in [6.45, 7) is 0.617.